The molecule has 0 saturated heterocycles. The molecule has 4 aromatic rings. The number of rotatable bonds is 8. The third-order valence-corrected chi connectivity index (χ3v) is 4.60. The molecular weight excluding hydrogens is 392 g/mol. The Balaban J connectivity index is 1.49. The Kier molecular flexibility index (Phi) is 5.66. The van der Waals surface area contributed by atoms with Crippen LogP contribution < -0.4 is 10.6 Å². The third-order valence-electron chi connectivity index (χ3n) is 4.60. The summed E-state index contributed by atoms with van der Waals surface area (Å²) in [4.78, 5) is 25.0. The van der Waals surface area contributed by atoms with Crippen molar-refractivity contribution in [1.82, 2.24) is 29.9 Å². The van der Waals surface area contributed by atoms with E-state index >= 15 is 0 Å². The Morgan fingerprint density at radius 3 is 2.77 bits per heavy atom. The van der Waals surface area contributed by atoms with Crippen LogP contribution in [0.5, 0.6) is 0 Å². The second kappa shape index (κ2) is 8.87. The van der Waals surface area contributed by atoms with Gasteiger partial charge in [-0.25, -0.2) is 9.97 Å². The van der Waals surface area contributed by atoms with E-state index in [0.717, 1.165) is 22.5 Å². The quantitative estimate of drug-likeness (QED) is 0.303. The molecule has 0 saturated carbocycles. The summed E-state index contributed by atoms with van der Waals surface area (Å²) >= 11 is 0. The molecule has 31 heavy (non-hydrogen) atoms. The second-order valence-electron chi connectivity index (χ2n) is 6.58. The van der Waals surface area contributed by atoms with Gasteiger partial charge in [-0.05, 0) is 36.6 Å². The standard InChI is InChI=1S/C22H20N8O/c1-3-15(10-23-2)11-26-22(31)16-4-6-18(7-5-16)29-20-21-24-8-9-30(21)19(14-25-20)17-12-27-28-13-17/h3-10,12-14H,1-2,11H2,(H,25,29)(H,26,31)(H,27,28)/b15-10+. The first-order chi connectivity index (χ1) is 15.2. The number of amides is 1. The predicted octanol–water partition coefficient (Wildman–Crippen LogP) is 3.36. The maximum absolute atomic E-state index is 12.4. The van der Waals surface area contributed by atoms with Gasteiger partial charge in [0.15, 0.2) is 11.5 Å². The molecule has 3 N–H and O–H groups in total. The SMILES string of the molecule is C=C/C(=C\N=C)CNC(=O)c1ccc(Nc2ncc(-c3cn[nH]c3)n3ccnc23)cc1. The number of H-pyrrole nitrogens is 1. The number of aromatic nitrogens is 5. The zero-order chi connectivity index (χ0) is 21.6. The number of carbonyl (C=O) groups excluding carboxylic acids is 1. The third kappa shape index (κ3) is 4.25. The van der Waals surface area contributed by atoms with Crippen LogP contribution in [0.25, 0.3) is 16.9 Å². The molecule has 154 valence electrons. The summed E-state index contributed by atoms with van der Waals surface area (Å²) < 4.78 is 1.94. The van der Waals surface area contributed by atoms with Crippen molar-refractivity contribution >= 4 is 29.8 Å². The van der Waals surface area contributed by atoms with Gasteiger partial charge in [-0.3, -0.25) is 19.3 Å². The molecule has 0 fully saturated rings. The van der Waals surface area contributed by atoms with Crippen molar-refractivity contribution in [3.05, 3.63) is 85.2 Å². The highest BCUT2D eigenvalue weighted by Gasteiger charge is 2.12. The fourth-order valence-electron chi connectivity index (χ4n) is 3.03. The number of fused-ring (bicyclic) bond motifs is 1. The number of hydrogen-bond donors (Lipinski definition) is 3. The second-order valence-corrected chi connectivity index (χ2v) is 6.58. The summed E-state index contributed by atoms with van der Waals surface area (Å²) in [5, 5.41) is 12.9. The minimum atomic E-state index is -0.193. The van der Waals surface area contributed by atoms with E-state index in [9.17, 15) is 4.79 Å². The Morgan fingerprint density at radius 2 is 2.06 bits per heavy atom. The molecule has 0 bridgehead atoms. The maximum Gasteiger partial charge on any atom is 0.251 e. The minimum absolute atomic E-state index is 0.193. The summed E-state index contributed by atoms with van der Waals surface area (Å²) in [6.07, 6.45) is 12.1. The predicted molar refractivity (Wildman–Crippen MR) is 120 cm³/mol. The van der Waals surface area contributed by atoms with Gasteiger partial charge < -0.3 is 10.6 Å². The lowest BCUT2D eigenvalue weighted by molar-refractivity contribution is 0.0957. The number of aliphatic imine (C=N–C) groups is 1. The fraction of sp³-hybridized carbons (Fsp3) is 0.0455. The zero-order valence-electron chi connectivity index (χ0n) is 16.6. The van der Waals surface area contributed by atoms with Crippen molar-refractivity contribution in [2.75, 3.05) is 11.9 Å². The van der Waals surface area contributed by atoms with Crippen LogP contribution in [0.15, 0.2) is 84.7 Å². The summed E-state index contributed by atoms with van der Waals surface area (Å²) in [6, 6.07) is 7.11. The van der Waals surface area contributed by atoms with Crippen molar-refractivity contribution in [3.8, 4) is 11.3 Å². The average molecular weight is 412 g/mol. The van der Waals surface area contributed by atoms with Gasteiger partial charge in [-0.2, -0.15) is 5.10 Å². The smallest absolute Gasteiger partial charge is 0.251 e. The highest BCUT2D eigenvalue weighted by molar-refractivity contribution is 5.94. The van der Waals surface area contributed by atoms with Crippen LogP contribution in [0.4, 0.5) is 11.5 Å². The Morgan fingerprint density at radius 1 is 1.23 bits per heavy atom. The first-order valence-electron chi connectivity index (χ1n) is 9.43. The first-order valence-corrected chi connectivity index (χ1v) is 9.43. The van der Waals surface area contributed by atoms with Crippen LogP contribution in [0.2, 0.25) is 0 Å². The van der Waals surface area contributed by atoms with Gasteiger partial charge in [0.2, 0.25) is 0 Å². The van der Waals surface area contributed by atoms with Crippen molar-refractivity contribution in [2.24, 2.45) is 4.99 Å². The van der Waals surface area contributed by atoms with Crippen LogP contribution in [-0.2, 0) is 0 Å². The van der Waals surface area contributed by atoms with E-state index in [4.69, 9.17) is 0 Å². The zero-order valence-corrected chi connectivity index (χ0v) is 16.6. The molecule has 0 aliphatic rings. The van der Waals surface area contributed by atoms with Crippen LogP contribution >= 0.6 is 0 Å². The topological polar surface area (TPSA) is 112 Å². The number of hydrogen-bond acceptors (Lipinski definition) is 6. The number of benzene rings is 1. The summed E-state index contributed by atoms with van der Waals surface area (Å²) in [5.41, 5.74) is 4.56. The van der Waals surface area contributed by atoms with E-state index < -0.39 is 0 Å². The lowest BCUT2D eigenvalue weighted by atomic mass is 10.2. The highest BCUT2D eigenvalue weighted by atomic mass is 16.1. The van der Waals surface area contributed by atoms with Gasteiger partial charge in [0, 0.05) is 48.1 Å². The molecule has 1 amide bonds. The molecule has 3 aromatic heterocycles. The molecule has 4 rings (SSSR count). The minimum Gasteiger partial charge on any atom is -0.348 e. The molecule has 0 radical (unpaired) electrons. The Labute approximate surface area is 178 Å². The fourth-order valence-corrected chi connectivity index (χ4v) is 3.03. The summed E-state index contributed by atoms with van der Waals surface area (Å²) in [7, 11) is 0. The van der Waals surface area contributed by atoms with Crippen molar-refractivity contribution in [1.29, 1.82) is 0 Å². The molecule has 9 nitrogen and oxygen atoms in total. The number of anilines is 2. The molecule has 0 spiro atoms. The number of imidazole rings is 1. The van der Waals surface area contributed by atoms with Gasteiger partial charge in [0.05, 0.1) is 18.1 Å². The molecule has 1 aromatic carbocycles. The van der Waals surface area contributed by atoms with Crippen molar-refractivity contribution in [2.45, 2.75) is 0 Å². The molecule has 0 unspecified atom stereocenters. The molecule has 9 heteroatoms. The molecule has 0 aliphatic heterocycles. The normalized spacial score (nSPS) is 11.3. The summed E-state index contributed by atoms with van der Waals surface area (Å²) in [5.74, 6) is 0.411. The largest absolute Gasteiger partial charge is 0.348 e. The molecule has 3 heterocycles. The number of nitrogens with one attached hydrogen (secondary N) is 3. The van der Waals surface area contributed by atoms with Gasteiger partial charge >= 0.3 is 0 Å². The lowest BCUT2D eigenvalue weighted by Gasteiger charge is -2.10. The Hall–Kier alpha value is -4.53. The average Bonchev–Trinajstić information content (AvgIpc) is 3.50. The van der Waals surface area contributed by atoms with E-state index in [1.165, 1.54) is 0 Å². The molecular formula is C22H20N8O. The van der Waals surface area contributed by atoms with E-state index in [1.54, 1.807) is 49.2 Å². The lowest BCUT2D eigenvalue weighted by Crippen LogP contribution is -2.25. The Bertz CT molecular complexity index is 1250. The first kappa shape index (κ1) is 19.8. The van der Waals surface area contributed by atoms with Crippen LogP contribution in [-0.4, -0.2) is 43.7 Å². The van der Waals surface area contributed by atoms with Gasteiger partial charge in [0.1, 0.15) is 0 Å². The monoisotopic (exact) mass is 412 g/mol. The van der Waals surface area contributed by atoms with Gasteiger partial charge in [-0.1, -0.05) is 12.7 Å². The highest BCUT2D eigenvalue weighted by Crippen LogP contribution is 2.24. The van der Waals surface area contributed by atoms with Crippen molar-refractivity contribution in [3.63, 3.8) is 0 Å². The van der Waals surface area contributed by atoms with Gasteiger partial charge in [0.25, 0.3) is 5.91 Å². The van der Waals surface area contributed by atoms with E-state index in [-0.39, 0.29) is 5.91 Å². The van der Waals surface area contributed by atoms with Crippen LogP contribution in [0.3, 0.4) is 0 Å². The van der Waals surface area contributed by atoms with Crippen LogP contribution in [0, 0.1) is 0 Å². The van der Waals surface area contributed by atoms with Crippen LogP contribution in [0.1, 0.15) is 10.4 Å². The van der Waals surface area contributed by atoms with E-state index in [1.807, 2.05) is 22.7 Å². The number of nitrogens with zero attached hydrogens (tertiary/aromatic N) is 5. The number of aromatic amines is 1. The van der Waals surface area contributed by atoms with Gasteiger partial charge in [-0.15, -0.1) is 0 Å². The molecule has 0 aliphatic carbocycles. The maximum atomic E-state index is 12.4. The van der Waals surface area contributed by atoms with E-state index in [2.05, 4.69) is 49.1 Å². The summed E-state index contributed by atoms with van der Waals surface area (Å²) in [6.45, 7) is 7.41. The number of carbonyl (C=O) groups is 1. The van der Waals surface area contributed by atoms with Crippen molar-refractivity contribution < 1.29 is 4.79 Å². The van der Waals surface area contributed by atoms with E-state index in [0.29, 0.717) is 23.6 Å². The molecule has 0 atom stereocenters.